The molecule has 2 aliphatic rings. The number of carboxylic acids is 1. The average Bonchev–Trinajstić information content (AvgIpc) is 3.32. The van der Waals surface area contributed by atoms with Crippen LogP contribution in [0.25, 0.3) is 0 Å². The summed E-state index contributed by atoms with van der Waals surface area (Å²) in [4.78, 5) is 25.1. The van der Waals surface area contributed by atoms with Gasteiger partial charge in [0.25, 0.3) is 0 Å². The van der Waals surface area contributed by atoms with Gasteiger partial charge in [0.1, 0.15) is 0 Å². The number of halogens is 1. The van der Waals surface area contributed by atoms with E-state index in [9.17, 15) is 9.59 Å². The van der Waals surface area contributed by atoms with Gasteiger partial charge in [-0.1, -0.05) is 23.7 Å². The number of hydrogen-bond acceptors (Lipinski definition) is 2. The third-order valence-electron chi connectivity index (χ3n) is 5.10. The molecule has 1 heterocycles. The zero-order chi connectivity index (χ0) is 17.2. The number of carboxylic acid groups (broad SMARTS) is 1. The van der Waals surface area contributed by atoms with Gasteiger partial charge in [-0.2, -0.15) is 0 Å². The summed E-state index contributed by atoms with van der Waals surface area (Å²) in [7, 11) is 0. The Bertz CT molecular complexity index is 630. The number of carbonyl (C=O) groups excluding carboxylic acids is 1. The molecular weight excluding hydrogens is 328 g/mol. The van der Waals surface area contributed by atoms with Gasteiger partial charge in [-0.3, -0.25) is 4.79 Å². The molecule has 1 aromatic rings. The van der Waals surface area contributed by atoms with Gasteiger partial charge < -0.3 is 15.3 Å². The molecule has 2 N–H and O–H groups in total. The summed E-state index contributed by atoms with van der Waals surface area (Å²) < 4.78 is 0. The number of benzene rings is 1. The van der Waals surface area contributed by atoms with Crippen LogP contribution in [0.4, 0.5) is 4.79 Å². The van der Waals surface area contributed by atoms with E-state index in [0.29, 0.717) is 26.1 Å². The highest BCUT2D eigenvalue weighted by Crippen LogP contribution is 2.48. The minimum atomic E-state index is -0.813. The molecule has 0 bridgehead atoms. The smallest absolute Gasteiger partial charge is 0.317 e. The fraction of sp³-hybridized carbons (Fsp3) is 0.556. The molecule has 0 radical (unpaired) electrons. The van der Waals surface area contributed by atoms with E-state index in [4.69, 9.17) is 16.7 Å². The predicted octanol–water partition coefficient (Wildman–Crippen LogP) is 3.17. The molecule has 5 nitrogen and oxygen atoms in total. The molecule has 2 amide bonds. The SMILES string of the molecule is O=C(O)C1CCCN(C(=O)NCC2(Cc3cccc(Cl)c3)CC2)C1. The summed E-state index contributed by atoms with van der Waals surface area (Å²) in [5.74, 6) is -1.25. The van der Waals surface area contributed by atoms with Crippen molar-refractivity contribution in [2.75, 3.05) is 19.6 Å². The molecule has 1 saturated heterocycles. The lowest BCUT2D eigenvalue weighted by molar-refractivity contribution is -0.143. The molecule has 0 aromatic heterocycles. The Kier molecular flexibility index (Phi) is 4.99. The maximum Gasteiger partial charge on any atom is 0.317 e. The first-order valence-corrected chi connectivity index (χ1v) is 8.85. The molecule has 130 valence electrons. The number of rotatable bonds is 5. The van der Waals surface area contributed by atoms with Gasteiger partial charge in [-0.05, 0) is 55.2 Å². The molecule has 3 rings (SSSR count). The van der Waals surface area contributed by atoms with Gasteiger partial charge in [0, 0.05) is 24.7 Å². The van der Waals surface area contributed by atoms with Crippen molar-refractivity contribution < 1.29 is 14.7 Å². The second-order valence-electron chi connectivity index (χ2n) is 7.09. The predicted molar refractivity (Wildman–Crippen MR) is 92.2 cm³/mol. The Labute approximate surface area is 147 Å². The van der Waals surface area contributed by atoms with Gasteiger partial charge in [0.2, 0.25) is 0 Å². The van der Waals surface area contributed by atoms with E-state index in [-0.39, 0.29) is 11.4 Å². The van der Waals surface area contributed by atoms with E-state index in [2.05, 4.69) is 11.4 Å². The van der Waals surface area contributed by atoms with Crippen LogP contribution in [0.15, 0.2) is 24.3 Å². The summed E-state index contributed by atoms with van der Waals surface area (Å²) in [5.41, 5.74) is 1.32. The summed E-state index contributed by atoms with van der Waals surface area (Å²) in [5, 5.41) is 12.9. The first kappa shape index (κ1) is 17.1. The fourth-order valence-corrected chi connectivity index (χ4v) is 3.62. The Balaban J connectivity index is 1.51. The van der Waals surface area contributed by atoms with E-state index in [0.717, 1.165) is 30.7 Å². The molecule has 1 atom stereocenters. The van der Waals surface area contributed by atoms with E-state index < -0.39 is 11.9 Å². The van der Waals surface area contributed by atoms with Crippen LogP contribution in [0.1, 0.15) is 31.2 Å². The van der Waals surface area contributed by atoms with E-state index in [1.807, 2.05) is 18.2 Å². The molecule has 1 aromatic carbocycles. The van der Waals surface area contributed by atoms with Gasteiger partial charge in [0.05, 0.1) is 5.92 Å². The summed E-state index contributed by atoms with van der Waals surface area (Å²) >= 11 is 6.04. The number of hydrogen-bond donors (Lipinski definition) is 2. The molecule has 1 unspecified atom stereocenters. The molecule has 2 fully saturated rings. The number of aliphatic carboxylic acids is 1. The number of carbonyl (C=O) groups is 2. The molecule has 1 aliphatic carbocycles. The number of piperidine rings is 1. The van der Waals surface area contributed by atoms with Crippen LogP contribution in [0.2, 0.25) is 5.02 Å². The first-order chi connectivity index (χ1) is 11.5. The third kappa shape index (κ3) is 4.20. The molecule has 24 heavy (non-hydrogen) atoms. The van der Waals surface area contributed by atoms with Crippen LogP contribution in [-0.4, -0.2) is 41.6 Å². The van der Waals surface area contributed by atoms with Crippen molar-refractivity contribution in [1.29, 1.82) is 0 Å². The Morgan fingerprint density at radius 3 is 2.83 bits per heavy atom. The van der Waals surface area contributed by atoms with Gasteiger partial charge >= 0.3 is 12.0 Å². The van der Waals surface area contributed by atoms with Gasteiger partial charge in [0.15, 0.2) is 0 Å². The maximum atomic E-state index is 12.3. The lowest BCUT2D eigenvalue weighted by Gasteiger charge is -2.31. The average molecular weight is 351 g/mol. The topological polar surface area (TPSA) is 69.6 Å². The van der Waals surface area contributed by atoms with Crippen LogP contribution in [-0.2, 0) is 11.2 Å². The minimum Gasteiger partial charge on any atom is -0.481 e. The first-order valence-electron chi connectivity index (χ1n) is 8.47. The van der Waals surface area contributed by atoms with E-state index in [1.165, 1.54) is 5.56 Å². The highest BCUT2D eigenvalue weighted by Gasteiger charge is 2.43. The Hall–Kier alpha value is -1.75. The van der Waals surface area contributed by atoms with Crippen molar-refractivity contribution >= 4 is 23.6 Å². The van der Waals surface area contributed by atoms with Crippen molar-refractivity contribution in [3.63, 3.8) is 0 Å². The third-order valence-corrected chi connectivity index (χ3v) is 5.33. The van der Waals surface area contributed by atoms with Crippen LogP contribution in [0.3, 0.4) is 0 Å². The molecule has 1 saturated carbocycles. The number of nitrogens with zero attached hydrogens (tertiary/aromatic N) is 1. The quantitative estimate of drug-likeness (QED) is 0.857. The lowest BCUT2D eigenvalue weighted by Crippen LogP contribution is -2.48. The number of urea groups is 1. The van der Waals surface area contributed by atoms with Gasteiger partial charge in [-0.15, -0.1) is 0 Å². The van der Waals surface area contributed by atoms with Crippen LogP contribution in [0.5, 0.6) is 0 Å². The van der Waals surface area contributed by atoms with Crippen molar-refractivity contribution in [3.05, 3.63) is 34.9 Å². The zero-order valence-electron chi connectivity index (χ0n) is 13.6. The Morgan fingerprint density at radius 2 is 2.17 bits per heavy atom. The molecule has 1 aliphatic heterocycles. The van der Waals surface area contributed by atoms with Crippen molar-refractivity contribution in [3.8, 4) is 0 Å². The standard InChI is InChI=1S/C18H23ClN2O3/c19-15-5-1-3-13(9-15)10-18(6-7-18)12-20-17(24)21-8-2-4-14(11-21)16(22)23/h1,3,5,9,14H,2,4,6-8,10-12H2,(H,20,24)(H,22,23). The zero-order valence-corrected chi connectivity index (χ0v) is 14.4. The summed E-state index contributed by atoms with van der Waals surface area (Å²) in [6.45, 7) is 1.58. The highest BCUT2D eigenvalue weighted by molar-refractivity contribution is 6.30. The fourth-order valence-electron chi connectivity index (χ4n) is 3.41. The van der Waals surface area contributed by atoms with Crippen LogP contribution in [0, 0.1) is 11.3 Å². The number of likely N-dealkylation sites (tertiary alicyclic amines) is 1. The maximum absolute atomic E-state index is 12.3. The second-order valence-corrected chi connectivity index (χ2v) is 7.53. The van der Waals surface area contributed by atoms with E-state index in [1.54, 1.807) is 4.90 Å². The molecule has 0 spiro atoms. The molecular formula is C18H23ClN2O3. The lowest BCUT2D eigenvalue weighted by atomic mass is 9.96. The van der Waals surface area contributed by atoms with Gasteiger partial charge in [-0.25, -0.2) is 4.79 Å². The summed E-state index contributed by atoms with van der Waals surface area (Å²) in [6.07, 6.45) is 4.50. The van der Waals surface area contributed by atoms with E-state index >= 15 is 0 Å². The second kappa shape index (κ2) is 7.01. The number of nitrogens with one attached hydrogen (secondary N) is 1. The van der Waals surface area contributed by atoms with Crippen LogP contribution < -0.4 is 5.32 Å². The van der Waals surface area contributed by atoms with Crippen molar-refractivity contribution in [2.24, 2.45) is 11.3 Å². The van der Waals surface area contributed by atoms with Crippen molar-refractivity contribution in [2.45, 2.75) is 32.1 Å². The monoisotopic (exact) mass is 350 g/mol. The Morgan fingerprint density at radius 1 is 1.38 bits per heavy atom. The van der Waals surface area contributed by atoms with Crippen LogP contribution >= 0.6 is 11.6 Å². The normalized spacial score (nSPS) is 22.0. The minimum absolute atomic E-state index is 0.127. The highest BCUT2D eigenvalue weighted by atomic mass is 35.5. The number of amides is 2. The largest absolute Gasteiger partial charge is 0.481 e. The van der Waals surface area contributed by atoms with Crippen molar-refractivity contribution in [1.82, 2.24) is 10.2 Å². The summed E-state index contributed by atoms with van der Waals surface area (Å²) in [6, 6.07) is 7.72. The molecule has 6 heteroatoms.